The average molecular weight is 549 g/mol. The van der Waals surface area contributed by atoms with Gasteiger partial charge in [-0.1, -0.05) is 0 Å². The molecule has 6 N–H and O–H groups in total. The second-order valence-electron chi connectivity index (χ2n) is 2.08. The Bertz CT molecular complexity index is 342. The van der Waals surface area contributed by atoms with Gasteiger partial charge in [-0.25, -0.2) is 13.7 Å². The van der Waals surface area contributed by atoms with Gasteiger partial charge < -0.3 is 43.7 Å². The van der Waals surface area contributed by atoms with E-state index in [0.29, 0.717) is 0 Å². The van der Waals surface area contributed by atoms with Crippen molar-refractivity contribution in [2.45, 2.75) is 0 Å². The van der Waals surface area contributed by atoms with Crippen LogP contribution in [-0.2, 0) is 47.9 Å². The van der Waals surface area contributed by atoms with Gasteiger partial charge in [0.2, 0.25) is 0 Å². The Labute approximate surface area is 119 Å². The molecule has 0 aromatic carbocycles. The fraction of sp³-hybridized carbons (Fsp3) is 0. The van der Waals surface area contributed by atoms with Gasteiger partial charge in [-0.2, -0.15) is 4.31 Å². The fourth-order valence-electron chi connectivity index (χ4n) is 0.269. The fourth-order valence-corrected chi connectivity index (χ4v) is 2.42. The molecule has 0 unspecified atom stereocenters. The van der Waals surface area contributed by atoms with Crippen LogP contribution in [0.15, 0.2) is 0 Å². The molecule has 120 valence electrons. The molecule has 0 spiro atoms. The third-order valence-electron chi connectivity index (χ3n) is 0.419. The van der Waals surface area contributed by atoms with Gasteiger partial charge in [0.15, 0.2) is 0 Å². The van der Waals surface area contributed by atoms with E-state index < -0.39 is 31.3 Å². The van der Waals surface area contributed by atoms with Crippen molar-refractivity contribution in [3.63, 3.8) is 0 Å². The second kappa shape index (κ2) is 8.60. The predicted octanol–water partition coefficient (Wildman–Crippen LogP) is -2.89. The van der Waals surface area contributed by atoms with Crippen LogP contribution in [-0.4, -0.2) is 29.4 Å². The monoisotopic (exact) mass is 549 g/mol. The van der Waals surface area contributed by atoms with E-state index in [1.54, 1.807) is 0 Å². The maximum Gasteiger partial charge on any atom is 2.00 e. The summed E-state index contributed by atoms with van der Waals surface area (Å²) in [5.74, 6) is 0. The summed E-state index contributed by atoms with van der Waals surface area (Å²) in [4.78, 5) is 65.1. The molecule has 0 bridgehead atoms. The van der Waals surface area contributed by atoms with Gasteiger partial charge in [-0.05, 0) is 0 Å². The van der Waals surface area contributed by atoms with Gasteiger partial charge in [0.25, 0.3) is 0 Å². The summed E-state index contributed by atoms with van der Waals surface area (Å²) in [6, 6.07) is 0. The van der Waals surface area contributed by atoms with E-state index >= 15 is 0 Å². The first kappa shape index (κ1) is 25.2. The zero-order valence-electron chi connectivity index (χ0n) is 8.05. The zero-order chi connectivity index (χ0) is 15.4. The number of hydrogen-bond acceptors (Lipinski definition) is 8. The molecule has 0 aromatic heterocycles. The van der Waals surface area contributed by atoms with E-state index in [9.17, 15) is 28.0 Å². The summed E-state index contributed by atoms with van der Waals surface area (Å²) >= 11 is 0. The van der Waals surface area contributed by atoms with Gasteiger partial charge in [-0.15, -0.1) is 0 Å². The molecule has 0 fully saturated rings. The zero-order valence-corrected chi connectivity index (χ0v) is 13.9. The minimum atomic E-state index is -5.55. The quantitative estimate of drug-likeness (QED) is 0.193. The van der Waals surface area contributed by atoms with Crippen LogP contribution >= 0.6 is 31.3 Å². The first-order valence-electron chi connectivity index (χ1n) is 3.03. The summed E-state index contributed by atoms with van der Waals surface area (Å²) in [7, 11) is -20.8. The normalized spacial score (nSPS) is 13.1. The molecule has 19 heavy (non-hydrogen) atoms. The van der Waals surface area contributed by atoms with Crippen molar-refractivity contribution in [1.29, 1.82) is 0 Å². The van der Waals surface area contributed by atoms with E-state index in [1.807, 2.05) is 0 Å². The van der Waals surface area contributed by atoms with Gasteiger partial charge in [-0.3, -0.25) is 4.31 Å². The standard InChI is InChI=1S/2H4O7P2.Pt/c2*1-8(2,3)7-9(4,5)6;/h2*(H2,1,2,3)(H2,4,5,6);/q;;+2/p-2. The molecule has 0 aliphatic heterocycles. The number of hydrogen-bond donors (Lipinski definition) is 6. The van der Waals surface area contributed by atoms with Crippen molar-refractivity contribution < 1.29 is 87.1 Å². The Kier molecular flexibility index (Phi) is 11.4. The second-order valence-corrected chi connectivity index (χ2v) is 7.23. The maximum absolute atomic E-state index is 9.63. The maximum atomic E-state index is 9.63. The van der Waals surface area contributed by atoms with Crippen LogP contribution in [0, 0.1) is 0 Å². The van der Waals surface area contributed by atoms with E-state index in [1.165, 1.54) is 0 Å². The Morgan fingerprint density at radius 1 is 0.632 bits per heavy atom. The van der Waals surface area contributed by atoms with Crippen LogP contribution in [0.2, 0.25) is 0 Å². The van der Waals surface area contributed by atoms with Crippen LogP contribution in [0.25, 0.3) is 0 Å². The van der Waals surface area contributed by atoms with Crippen molar-refractivity contribution >= 4 is 31.3 Å². The van der Waals surface area contributed by atoms with Gasteiger partial charge in [0.05, 0.1) is 7.82 Å². The topological polar surface area (TPSA) is 254 Å². The Hall–Kier alpha value is 1.21. The van der Waals surface area contributed by atoms with Crippen LogP contribution in [0.4, 0.5) is 0 Å². The molecular weight excluding hydrogens is 543 g/mol. The molecule has 0 radical (unpaired) electrons. The van der Waals surface area contributed by atoms with Gasteiger partial charge in [0.1, 0.15) is 0 Å². The van der Waals surface area contributed by atoms with Crippen LogP contribution in [0.3, 0.4) is 0 Å². The Morgan fingerprint density at radius 3 is 0.842 bits per heavy atom. The molecule has 0 rings (SSSR count). The van der Waals surface area contributed by atoms with E-state index in [4.69, 9.17) is 29.4 Å². The summed E-state index contributed by atoms with van der Waals surface area (Å²) in [5.41, 5.74) is 0. The molecule has 0 atom stereocenters. The molecule has 0 amide bonds. The number of rotatable bonds is 4. The summed E-state index contributed by atoms with van der Waals surface area (Å²) in [6.07, 6.45) is 0. The third kappa shape index (κ3) is 32.6. The summed E-state index contributed by atoms with van der Waals surface area (Å²) in [5, 5.41) is 0. The average Bonchev–Trinajstić information content (AvgIpc) is 1.64. The SMILES string of the molecule is O=P(O)(O)OP(=O)(O)O.O=P([O-])([O-])OP(=O)(O)O.[Pt+2]. The van der Waals surface area contributed by atoms with E-state index in [2.05, 4.69) is 8.62 Å². The molecule has 0 aromatic rings. The molecule has 0 aliphatic rings. The summed E-state index contributed by atoms with van der Waals surface area (Å²) < 4.78 is 43.9. The van der Waals surface area contributed by atoms with E-state index in [0.717, 1.165) is 0 Å². The smallest absolute Gasteiger partial charge is 0.789 e. The van der Waals surface area contributed by atoms with Crippen LogP contribution in [0.5, 0.6) is 0 Å². The third-order valence-corrected chi connectivity index (χ3v) is 3.77. The largest absolute Gasteiger partial charge is 2.00 e. The minimum Gasteiger partial charge on any atom is -0.789 e. The first-order valence-corrected chi connectivity index (χ1v) is 9.08. The number of phosphoric acid groups is 4. The van der Waals surface area contributed by atoms with Crippen LogP contribution < -0.4 is 9.79 Å². The molecule has 0 saturated carbocycles. The minimum absolute atomic E-state index is 0. The Balaban J connectivity index is -0.000000256. The van der Waals surface area contributed by atoms with Crippen molar-refractivity contribution in [1.82, 2.24) is 0 Å². The molecule has 0 heterocycles. The predicted molar refractivity (Wildman–Crippen MR) is 45.9 cm³/mol. The first-order chi connectivity index (χ1) is 7.41. The van der Waals surface area contributed by atoms with Crippen molar-refractivity contribution in [2.75, 3.05) is 0 Å². The van der Waals surface area contributed by atoms with Crippen molar-refractivity contribution in [2.24, 2.45) is 0 Å². The Morgan fingerprint density at radius 2 is 0.842 bits per heavy atom. The van der Waals surface area contributed by atoms with Gasteiger partial charge >= 0.3 is 44.5 Å². The molecule has 0 saturated heterocycles. The van der Waals surface area contributed by atoms with Crippen molar-refractivity contribution in [3.05, 3.63) is 0 Å². The molecule has 0 aliphatic carbocycles. The van der Waals surface area contributed by atoms with E-state index in [-0.39, 0.29) is 21.1 Å². The van der Waals surface area contributed by atoms with Crippen LogP contribution in [0.1, 0.15) is 0 Å². The van der Waals surface area contributed by atoms with Crippen molar-refractivity contribution in [3.8, 4) is 0 Å². The molecule has 14 nitrogen and oxygen atoms in total. The summed E-state index contributed by atoms with van der Waals surface area (Å²) in [6.45, 7) is 0. The molecular formula is H6O14P4Pt. The molecule has 19 heteroatoms. The van der Waals surface area contributed by atoms with Gasteiger partial charge in [0, 0.05) is 0 Å².